The molecule has 49 heavy (non-hydrogen) atoms. The first kappa shape index (κ1) is 37.3. The number of allylic oxidation sites excluding steroid dienone is 1. The molecule has 9 nitrogen and oxygen atoms in total. The maximum atomic E-state index is 13.5. The summed E-state index contributed by atoms with van der Waals surface area (Å²) in [6.45, 7) is 7.83. The van der Waals surface area contributed by atoms with Gasteiger partial charge in [0.1, 0.15) is 6.04 Å². The van der Waals surface area contributed by atoms with E-state index in [-0.39, 0.29) is 29.3 Å². The number of hydrogen-bond acceptors (Lipinski definition) is 8. The Morgan fingerprint density at radius 2 is 1.61 bits per heavy atom. The first-order valence-electron chi connectivity index (χ1n) is 17.6. The summed E-state index contributed by atoms with van der Waals surface area (Å²) in [5.41, 5.74) is 1.15. The fraction of sp³-hybridized carbons (Fsp3) is 0.658. The zero-order valence-electron chi connectivity index (χ0n) is 29.2. The van der Waals surface area contributed by atoms with Crippen LogP contribution in [0.1, 0.15) is 84.6 Å². The molecule has 0 heterocycles. The Hall–Kier alpha value is -2.91. The van der Waals surface area contributed by atoms with Crippen molar-refractivity contribution in [2.75, 3.05) is 36.4 Å². The number of esters is 2. The number of nitrogens with one attached hydrogen (secondary N) is 1. The van der Waals surface area contributed by atoms with Crippen molar-refractivity contribution in [1.29, 1.82) is 0 Å². The fourth-order valence-electron chi connectivity index (χ4n) is 9.92. The summed E-state index contributed by atoms with van der Waals surface area (Å²) in [6.07, 6.45) is 8.19. The molecule has 5 rings (SSSR count). The molecular weight excluding hydrogens is 667 g/mol. The molecule has 0 radical (unpaired) electrons. The third-order valence-corrected chi connectivity index (χ3v) is 12.7. The van der Waals surface area contributed by atoms with Crippen LogP contribution >= 0.6 is 23.2 Å². The number of anilines is 1. The SMILES string of the molecule is CC(=O)N[C@@H](Cc1ccc(N(CCCl)CCCl)cc1)C(=O)OCC(=O)O[C@]1(C(C)=O)CC[C@H]2[C@@H]3CCC4=CC(=O)CC[C@]4(C)[C@H]3CC[C@@]21C. The van der Waals surface area contributed by atoms with Gasteiger partial charge in [0.2, 0.25) is 5.91 Å². The lowest BCUT2D eigenvalue weighted by Crippen LogP contribution is -2.59. The minimum atomic E-state index is -1.30. The van der Waals surface area contributed by atoms with Gasteiger partial charge in [-0.15, -0.1) is 23.2 Å². The van der Waals surface area contributed by atoms with Gasteiger partial charge in [-0.05, 0) is 98.8 Å². The number of halogens is 2. The Balaban J connectivity index is 1.24. The number of amides is 1. The Kier molecular flexibility index (Phi) is 11.5. The van der Waals surface area contributed by atoms with E-state index in [1.165, 1.54) is 19.4 Å². The summed E-state index contributed by atoms with van der Waals surface area (Å²) >= 11 is 11.9. The molecule has 3 fully saturated rings. The molecule has 0 saturated heterocycles. The molecule has 1 amide bonds. The van der Waals surface area contributed by atoms with E-state index in [9.17, 15) is 24.0 Å². The van der Waals surface area contributed by atoms with Crippen molar-refractivity contribution in [3.8, 4) is 0 Å². The third-order valence-electron chi connectivity index (χ3n) is 12.4. The van der Waals surface area contributed by atoms with Crippen LogP contribution in [0.3, 0.4) is 0 Å². The molecule has 4 aliphatic rings. The van der Waals surface area contributed by atoms with E-state index in [2.05, 4.69) is 24.1 Å². The predicted octanol–water partition coefficient (Wildman–Crippen LogP) is 5.96. The molecule has 1 N–H and O–H groups in total. The van der Waals surface area contributed by atoms with Gasteiger partial charge in [0.25, 0.3) is 0 Å². The van der Waals surface area contributed by atoms with Crippen molar-refractivity contribution < 1.29 is 33.4 Å². The molecule has 1 aromatic rings. The molecule has 268 valence electrons. The number of benzene rings is 1. The highest BCUT2D eigenvalue weighted by atomic mass is 35.5. The van der Waals surface area contributed by atoms with E-state index in [1.54, 1.807) is 0 Å². The summed E-state index contributed by atoms with van der Waals surface area (Å²) < 4.78 is 11.6. The average Bonchev–Trinajstić information content (AvgIpc) is 3.36. The summed E-state index contributed by atoms with van der Waals surface area (Å²) in [7, 11) is 0. The van der Waals surface area contributed by atoms with Gasteiger partial charge in [-0.2, -0.15) is 0 Å². The smallest absolute Gasteiger partial charge is 0.345 e. The van der Waals surface area contributed by atoms with Crippen LogP contribution < -0.4 is 10.2 Å². The Morgan fingerprint density at radius 1 is 0.939 bits per heavy atom. The monoisotopic (exact) mass is 716 g/mol. The Bertz CT molecular complexity index is 1470. The number of Topliss-reactive ketones (excluding diaryl/α,β-unsaturated/α-hetero) is 1. The number of rotatable bonds is 13. The second-order valence-electron chi connectivity index (χ2n) is 14.9. The minimum Gasteiger partial charge on any atom is -0.452 e. The number of carbonyl (C=O) groups is 5. The van der Waals surface area contributed by atoms with Crippen LogP contribution in [0, 0.1) is 28.6 Å². The number of hydrogen-bond donors (Lipinski definition) is 1. The zero-order chi connectivity index (χ0) is 35.6. The molecular formula is C38H50Cl2N2O7. The van der Waals surface area contributed by atoms with Gasteiger partial charge in [-0.25, -0.2) is 9.59 Å². The van der Waals surface area contributed by atoms with E-state index >= 15 is 0 Å². The number of nitrogens with zero attached hydrogens (tertiary/aromatic N) is 1. The summed E-state index contributed by atoms with van der Waals surface area (Å²) in [5, 5.41) is 2.64. The fourth-order valence-corrected chi connectivity index (χ4v) is 10.3. The van der Waals surface area contributed by atoms with E-state index in [0.717, 1.165) is 49.8 Å². The van der Waals surface area contributed by atoms with Gasteiger partial charge in [-0.1, -0.05) is 31.6 Å². The second-order valence-corrected chi connectivity index (χ2v) is 15.7. The van der Waals surface area contributed by atoms with Crippen molar-refractivity contribution in [2.45, 2.75) is 97.1 Å². The lowest BCUT2D eigenvalue weighted by Gasteiger charge is -2.59. The second kappa shape index (κ2) is 15.1. The Labute approximate surface area is 299 Å². The molecule has 3 saturated carbocycles. The lowest BCUT2D eigenvalue weighted by molar-refractivity contribution is -0.193. The van der Waals surface area contributed by atoms with Gasteiger partial charge >= 0.3 is 11.9 Å². The van der Waals surface area contributed by atoms with Crippen molar-refractivity contribution in [1.82, 2.24) is 5.32 Å². The van der Waals surface area contributed by atoms with E-state index in [0.29, 0.717) is 49.5 Å². The molecule has 0 bridgehead atoms. The van der Waals surface area contributed by atoms with E-state index < -0.39 is 41.5 Å². The van der Waals surface area contributed by atoms with Gasteiger partial charge in [0.15, 0.2) is 23.8 Å². The predicted molar refractivity (Wildman–Crippen MR) is 189 cm³/mol. The molecule has 0 unspecified atom stereocenters. The highest BCUT2D eigenvalue weighted by molar-refractivity contribution is 6.18. The Morgan fingerprint density at radius 3 is 2.24 bits per heavy atom. The van der Waals surface area contributed by atoms with Gasteiger partial charge < -0.3 is 19.7 Å². The van der Waals surface area contributed by atoms with Gasteiger partial charge in [0.05, 0.1) is 0 Å². The molecule has 4 aliphatic carbocycles. The van der Waals surface area contributed by atoms with Crippen LogP contribution in [0.25, 0.3) is 0 Å². The van der Waals surface area contributed by atoms with Crippen molar-refractivity contribution in [3.63, 3.8) is 0 Å². The first-order valence-corrected chi connectivity index (χ1v) is 18.7. The molecule has 1 aromatic carbocycles. The topological polar surface area (TPSA) is 119 Å². The zero-order valence-corrected chi connectivity index (χ0v) is 30.7. The minimum absolute atomic E-state index is 0.00813. The van der Waals surface area contributed by atoms with Crippen molar-refractivity contribution in [2.24, 2.45) is 28.6 Å². The largest absolute Gasteiger partial charge is 0.452 e. The molecule has 0 aliphatic heterocycles. The van der Waals surface area contributed by atoms with E-state index in [4.69, 9.17) is 32.7 Å². The van der Waals surface area contributed by atoms with E-state index in [1.807, 2.05) is 30.3 Å². The lowest BCUT2D eigenvalue weighted by atomic mass is 9.46. The highest BCUT2D eigenvalue weighted by Gasteiger charge is 2.68. The number of ketones is 2. The molecule has 7 atom stereocenters. The molecule has 0 aromatic heterocycles. The van der Waals surface area contributed by atoms with Crippen LogP contribution in [-0.4, -0.2) is 72.5 Å². The maximum Gasteiger partial charge on any atom is 0.345 e. The summed E-state index contributed by atoms with van der Waals surface area (Å²) in [6, 6.07) is 6.52. The van der Waals surface area contributed by atoms with Gasteiger partial charge in [0, 0.05) is 55.7 Å². The third kappa shape index (κ3) is 7.30. The normalized spacial score (nSPS) is 30.9. The average molecular weight is 718 g/mol. The van der Waals surface area contributed by atoms with Crippen LogP contribution in [0.4, 0.5) is 5.69 Å². The van der Waals surface area contributed by atoms with Crippen molar-refractivity contribution in [3.05, 3.63) is 41.5 Å². The van der Waals surface area contributed by atoms with Crippen LogP contribution in [0.5, 0.6) is 0 Å². The standard InChI is InChI=1S/C38H50Cl2N2O7/c1-24(43)38(16-13-32-30-10-7-27-22-29(45)11-14-36(27,3)31(30)12-15-37(32,38)4)49-34(46)23-48-35(47)33(41-25(2)44)21-26-5-8-28(9-6-26)42(19-17-39)20-18-40/h5-6,8-9,22,30-33H,7,10-21,23H2,1-4H3,(H,41,44)/t30-,31+,32+,33+,36+,37+,38+/m1/s1. The number of ether oxygens (including phenoxy) is 2. The summed E-state index contributed by atoms with van der Waals surface area (Å²) in [5.74, 6) is 0.00301. The number of alkyl halides is 2. The van der Waals surface area contributed by atoms with Gasteiger partial charge in [-0.3, -0.25) is 14.4 Å². The maximum absolute atomic E-state index is 13.5. The quantitative estimate of drug-likeness (QED) is 0.196. The number of fused-ring (bicyclic) bond motifs is 5. The van der Waals surface area contributed by atoms with Crippen LogP contribution in [0.15, 0.2) is 35.9 Å². The van der Waals surface area contributed by atoms with Crippen molar-refractivity contribution >= 4 is 58.3 Å². The first-order chi connectivity index (χ1) is 23.3. The molecule has 0 spiro atoms. The number of carbonyl (C=O) groups excluding carboxylic acids is 5. The highest BCUT2D eigenvalue weighted by Crippen LogP contribution is 2.68. The van der Waals surface area contributed by atoms with Crippen LogP contribution in [-0.2, 0) is 39.9 Å². The molecule has 11 heteroatoms. The summed E-state index contributed by atoms with van der Waals surface area (Å²) in [4.78, 5) is 66.4. The van der Waals surface area contributed by atoms with Crippen LogP contribution in [0.2, 0.25) is 0 Å².